The Hall–Kier alpha value is -3.28. The summed E-state index contributed by atoms with van der Waals surface area (Å²) >= 11 is 0. The van der Waals surface area contributed by atoms with Crippen LogP contribution in [0, 0.1) is 5.92 Å². The Balaban J connectivity index is 1.72. The summed E-state index contributed by atoms with van der Waals surface area (Å²) in [6.45, 7) is 1.84. The first kappa shape index (κ1) is 20.5. The lowest BCUT2D eigenvalue weighted by Crippen LogP contribution is -2.28. The van der Waals surface area contributed by atoms with Crippen molar-refractivity contribution >= 4 is 23.5 Å². The zero-order valence-electron chi connectivity index (χ0n) is 16.3. The Bertz CT molecular complexity index is 935. The van der Waals surface area contributed by atoms with Gasteiger partial charge in [0.1, 0.15) is 0 Å². The quantitative estimate of drug-likeness (QED) is 0.319. The maximum atomic E-state index is 12.6. The van der Waals surface area contributed by atoms with Gasteiger partial charge in [-0.2, -0.15) is 0 Å². The van der Waals surface area contributed by atoms with Gasteiger partial charge >= 0.3 is 11.9 Å². The molecule has 0 bridgehead atoms. The van der Waals surface area contributed by atoms with E-state index in [9.17, 15) is 19.2 Å². The fourth-order valence-electron chi connectivity index (χ4n) is 3.67. The number of carbonyl (C=O) groups excluding carboxylic acids is 4. The molecule has 0 heterocycles. The topological polar surface area (TPSA) is 86.7 Å². The number of allylic oxidation sites excluding steroid dienone is 5. The number of esters is 2. The van der Waals surface area contributed by atoms with E-state index in [4.69, 9.17) is 9.47 Å². The lowest BCUT2D eigenvalue weighted by molar-refractivity contribution is -0.161. The molecule has 0 saturated carbocycles. The van der Waals surface area contributed by atoms with Crippen LogP contribution in [-0.4, -0.2) is 30.6 Å². The van der Waals surface area contributed by atoms with E-state index in [1.165, 1.54) is 13.2 Å². The van der Waals surface area contributed by atoms with Crippen molar-refractivity contribution in [1.29, 1.82) is 0 Å². The van der Waals surface area contributed by atoms with Crippen LogP contribution in [0.15, 0.2) is 65.5 Å². The Kier molecular flexibility index (Phi) is 6.22. The first-order valence-electron chi connectivity index (χ1n) is 9.50. The van der Waals surface area contributed by atoms with Gasteiger partial charge in [-0.3, -0.25) is 19.2 Å². The van der Waals surface area contributed by atoms with E-state index in [1.54, 1.807) is 12.2 Å². The van der Waals surface area contributed by atoms with Crippen LogP contribution in [0.5, 0.6) is 0 Å². The van der Waals surface area contributed by atoms with E-state index in [1.807, 2.05) is 37.3 Å². The molecular formula is C23H22O6. The van der Waals surface area contributed by atoms with Crippen molar-refractivity contribution in [1.82, 2.24) is 0 Å². The zero-order valence-corrected chi connectivity index (χ0v) is 16.3. The molecule has 0 saturated heterocycles. The summed E-state index contributed by atoms with van der Waals surface area (Å²) in [7, 11) is 1.32. The van der Waals surface area contributed by atoms with Crippen LogP contribution in [-0.2, 0) is 28.7 Å². The molecule has 150 valence electrons. The van der Waals surface area contributed by atoms with E-state index in [0.717, 1.165) is 5.56 Å². The predicted molar refractivity (Wildman–Crippen MR) is 105 cm³/mol. The highest BCUT2D eigenvalue weighted by Gasteiger charge is 2.36. The van der Waals surface area contributed by atoms with Gasteiger partial charge in [-0.15, -0.1) is 0 Å². The van der Waals surface area contributed by atoms with Gasteiger partial charge in [0.15, 0.2) is 11.5 Å². The molecule has 2 aliphatic rings. The third-order valence-electron chi connectivity index (χ3n) is 5.13. The van der Waals surface area contributed by atoms with Crippen molar-refractivity contribution in [3.8, 4) is 0 Å². The third kappa shape index (κ3) is 4.26. The number of methoxy groups -OCH3 is 1. The largest absolute Gasteiger partial charge is 0.493 e. The minimum atomic E-state index is -0.735. The van der Waals surface area contributed by atoms with Crippen molar-refractivity contribution in [2.24, 2.45) is 5.92 Å². The average Bonchev–Trinajstić information content (AvgIpc) is 2.71. The molecule has 0 aliphatic heterocycles. The highest BCUT2D eigenvalue weighted by molar-refractivity contribution is 6.22. The van der Waals surface area contributed by atoms with Crippen LogP contribution in [0.2, 0.25) is 0 Å². The molecule has 0 spiro atoms. The van der Waals surface area contributed by atoms with Gasteiger partial charge in [-0.25, -0.2) is 0 Å². The smallest absolute Gasteiger partial charge is 0.321 e. The van der Waals surface area contributed by atoms with Gasteiger partial charge < -0.3 is 9.47 Å². The van der Waals surface area contributed by atoms with Gasteiger partial charge in [0, 0.05) is 23.1 Å². The monoisotopic (exact) mass is 394 g/mol. The van der Waals surface area contributed by atoms with Gasteiger partial charge in [-0.1, -0.05) is 49.4 Å². The number of benzene rings is 1. The molecule has 6 heteroatoms. The number of ether oxygens (including phenoxy) is 2. The van der Waals surface area contributed by atoms with Gasteiger partial charge in [0.25, 0.3) is 0 Å². The highest BCUT2D eigenvalue weighted by atomic mass is 16.6. The molecule has 0 aromatic heterocycles. The Morgan fingerprint density at radius 3 is 2.55 bits per heavy atom. The first-order valence-corrected chi connectivity index (χ1v) is 9.50. The molecule has 29 heavy (non-hydrogen) atoms. The molecule has 2 aliphatic carbocycles. The molecule has 6 nitrogen and oxygen atoms in total. The SMILES string of the molecule is CCC(C(=O)OC(=O)CC1C=CCC2=C1C(=O)C(OC)=CC2=O)c1ccccc1. The van der Waals surface area contributed by atoms with Gasteiger partial charge in [0.2, 0.25) is 5.78 Å². The minimum absolute atomic E-state index is 0.0476. The number of ketones is 2. The molecule has 2 unspecified atom stereocenters. The Labute approximate surface area is 168 Å². The number of hydrogen-bond donors (Lipinski definition) is 0. The Morgan fingerprint density at radius 2 is 1.90 bits per heavy atom. The Morgan fingerprint density at radius 1 is 1.17 bits per heavy atom. The van der Waals surface area contributed by atoms with E-state index in [2.05, 4.69) is 0 Å². The van der Waals surface area contributed by atoms with Crippen LogP contribution in [0.1, 0.15) is 37.7 Å². The van der Waals surface area contributed by atoms with Crippen molar-refractivity contribution in [2.75, 3.05) is 7.11 Å². The van der Waals surface area contributed by atoms with E-state index in [-0.39, 0.29) is 23.5 Å². The molecule has 2 atom stereocenters. The summed E-state index contributed by atoms with van der Waals surface area (Å²) in [5, 5.41) is 0. The second kappa shape index (κ2) is 8.82. The molecule has 3 rings (SSSR count). The van der Waals surface area contributed by atoms with Gasteiger partial charge in [-0.05, 0) is 18.4 Å². The molecule has 0 radical (unpaired) electrons. The third-order valence-corrected chi connectivity index (χ3v) is 5.13. The molecule has 1 aromatic rings. The second-order valence-electron chi connectivity index (χ2n) is 6.91. The standard InChI is InChI=1S/C23H22O6/c1-3-16(14-8-5-4-6-9-14)23(27)29-20(25)12-15-10-7-11-17-18(24)13-19(28-2)22(26)21(15)17/h4-10,13,15-16H,3,11-12H2,1-2H3. The van der Waals surface area contributed by atoms with Crippen molar-refractivity contribution in [3.63, 3.8) is 0 Å². The zero-order chi connectivity index (χ0) is 21.0. The molecular weight excluding hydrogens is 372 g/mol. The lowest BCUT2D eigenvalue weighted by Gasteiger charge is -2.25. The minimum Gasteiger partial charge on any atom is -0.493 e. The van der Waals surface area contributed by atoms with Crippen LogP contribution in [0.4, 0.5) is 0 Å². The summed E-state index contributed by atoms with van der Waals surface area (Å²) < 4.78 is 10.1. The summed E-state index contributed by atoms with van der Waals surface area (Å²) in [5.74, 6) is -3.29. The van der Waals surface area contributed by atoms with Crippen LogP contribution in [0.25, 0.3) is 0 Å². The van der Waals surface area contributed by atoms with Crippen LogP contribution >= 0.6 is 0 Å². The first-order chi connectivity index (χ1) is 14.0. The maximum absolute atomic E-state index is 12.6. The maximum Gasteiger partial charge on any atom is 0.321 e. The number of hydrogen-bond acceptors (Lipinski definition) is 6. The predicted octanol–water partition coefficient (Wildman–Crippen LogP) is 3.19. The number of carbonyl (C=O) groups is 4. The molecule has 1 aromatic carbocycles. The summed E-state index contributed by atoms with van der Waals surface area (Å²) in [6.07, 6.45) is 5.22. The molecule has 0 amide bonds. The van der Waals surface area contributed by atoms with Crippen molar-refractivity contribution in [3.05, 3.63) is 71.0 Å². The van der Waals surface area contributed by atoms with Gasteiger partial charge in [0.05, 0.1) is 19.4 Å². The van der Waals surface area contributed by atoms with Crippen LogP contribution < -0.4 is 0 Å². The summed E-state index contributed by atoms with van der Waals surface area (Å²) in [6, 6.07) is 9.11. The fourth-order valence-corrected chi connectivity index (χ4v) is 3.67. The van der Waals surface area contributed by atoms with E-state index in [0.29, 0.717) is 18.4 Å². The lowest BCUT2D eigenvalue weighted by atomic mass is 9.78. The van der Waals surface area contributed by atoms with Crippen molar-refractivity contribution in [2.45, 2.75) is 32.1 Å². The number of rotatable bonds is 6. The van der Waals surface area contributed by atoms with E-state index >= 15 is 0 Å². The normalized spacial score (nSPS) is 19.4. The number of Topliss-reactive ketones (excluding diaryl/α,β-unsaturated/α-hetero) is 1. The van der Waals surface area contributed by atoms with E-state index < -0.39 is 29.6 Å². The highest BCUT2D eigenvalue weighted by Crippen LogP contribution is 2.34. The average molecular weight is 394 g/mol. The fraction of sp³-hybridized carbons (Fsp3) is 0.304. The molecule has 0 fully saturated rings. The molecule has 0 N–H and O–H groups in total. The summed E-state index contributed by atoms with van der Waals surface area (Å²) in [5.41, 5.74) is 1.38. The summed E-state index contributed by atoms with van der Waals surface area (Å²) in [4.78, 5) is 49.8. The van der Waals surface area contributed by atoms with Crippen molar-refractivity contribution < 1.29 is 28.7 Å². The second-order valence-corrected chi connectivity index (χ2v) is 6.91. The van der Waals surface area contributed by atoms with Crippen LogP contribution in [0.3, 0.4) is 0 Å².